The van der Waals surface area contributed by atoms with E-state index in [0.717, 1.165) is 13.1 Å². The molecule has 1 aliphatic carbocycles. The molecule has 2 rings (SSSR count). The van der Waals surface area contributed by atoms with Gasteiger partial charge >= 0.3 is 0 Å². The van der Waals surface area contributed by atoms with Crippen molar-refractivity contribution in [2.45, 2.75) is 25.7 Å². The largest absolute Gasteiger partial charge is 0.314 e. The predicted molar refractivity (Wildman–Crippen MR) is 34.3 cm³/mol. The van der Waals surface area contributed by atoms with Crippen LogP contribution in [0.1, 0.15) is 25.7 Å². The van der Waals surface area contributed by atoms with Gasteiger partial charge in [0.2, 0.25) is 0 Å². The molecule has 9 heavy (non-hydrogen) atoms. The Bertz CT molecular complexity index is 120. The van der Waals surface area contributed by atoms with Crippen LogP contribution in [0.2, 0.25) is 0 Å². The zero-order valence-electron chi connectivity index (χ0n) is 5.64. The summed E-state index contributed by atoms with van der Waals surface area (Å²) in [4.78, 5) is 0. The molecule has 0 atom stereocenters. The molecule has 1 N–H and O–H groups in total. The van der Waals surface area contributed by atoms with Crippen molar-refractivity contribution in [1.29, 1.82) is 0 Å². The van der Waals surface area contributed by atoms with E-state index in [-0.39, 0.29) is 0 Å². The molecule has 0 aromatic heterocycles. The van der Waals surface area contributed by atoms with Gasteiger partial charge in [0, 0.05) is 13.1 Å². The Morgan fingerprint density at radius 1 is 1.22 bits per heavy atom. The van der Waals surface area contributed by atoms with Gasteiger partial charge in [-0.05, 0) is 31.1 Å². The van der Waals surface area contributed by atoms with Crippen LogP contribution >= 0.6 is 0 Å². The van der Waals surface area contributed by atoms with Crippen molar-refractivity contribution in [3.05, 3.63) is 0 Å². The van der Waals surface area contributed by atoms with E-state index in [1.54, 1.807) is 0 Å². The lowest BCUT2D eigenvalue weighted by molar-refractivity contribution is -0.122. The summed E-state index contributed by atoms with van der Waals surface area (Å²) in [7, 11) is 0. The van der Waals surface area contributed by atoms with Gasteiger partial charge in [0.05, 0.1) is 0 Å². The van der Waals surface area contributed by atoms with Gasteiger partial charge in [0.15, 0.2) is 0 Å². The fraction of sp³-hybridized carbons (Fsp3) is 1.00. The van der Waals surface area contributed by atoms with Crippen molar-refractivity contribution in [2.75, 3.05) is 13.1 Å². The van der Waals surface area contributed by atoms with Crippen LogP contribution in [0.25, 0.3) is 0 Å². The van der Waals surface area contributed by atoms with Crippen LogP contribution in [0.4, 0.5) is 0 Å². The van der Waals surface area contributed by atoms with Crippen molar-refractivity contribution in [3.8, 4) is 0 Å². The lowest BCUT2D eigenvalue weighted by atomic mass is 9.97. The van der Waals surface area contributed by atoms with E-state index in [1.165, 1.54) is 30.7 Å². The van der Waals surface area contributed by atoms with E-state index in [0.29, 0.717) is 5.41 Å². The number of piperidine rings is 1. The van der Waals surface area contributed by atoms with Crippen molar-refractivity contribution >= 4 is 0 Å². The first kappa shape index (κ1) is 5.69. The standard InChI is InChI=1S/C7H13NO/c9-8-5-1-2-7(6-8)3-4-7/h9H,1-6H2. The Morgan fingerprint density at radius 2 is 2.00 bits per heavy atom. The number of hydrogen-bond acceptors (Lipinski definition) is 2. The second kappa shape index (κ2) is 1.70. The third kappa shape index (κ3) is 0.970. The van der Waals surface area contributed by atoms with Gasteiger partial charge in [-0.25, -0.2) is 0 Å². The van der Waals surface area contributed by atoms with Crippen LogP contribution in [0, 0.1) is 5.41 Å². The van der Waals surface area contributed by atoms with E-state index in [4.69, 9.17) is 5.21 Å². The summed E-state index contributed by atoms with van der Waals surface area (Å²) in [5.74, 6) is 0. The second-order valence-electron chi connectivity index (χ2n) is 3.49. The van der Waals surface area contributed by atoms with Gasteiger partial charge in [-0.3, -0.25) is 0 Å². The van der Waals surface area contributed by atoms with E-state index >= 15 is 0 Å². The zero-order chi connectivity index (χ0) is 6.32. The molecule has 0 bridgehead atoms. The van der Waals surface area contributed by atoms with Gasteiger partial charge in [-0.2, -0.15) is 5.06 Å². The Hall–Kier alpha value is -0.0800. The van der Waals surface area contributed by atoms with Crippen LogP contribution in [-0.4, -0.2) is 23.4 Å². The SMILES string of the molecule is ON1CCCC2(CC2)C1. The third-order valence-electron chi connectivity index (χ3n) is 2.60. The summed E-state index contributed by atoms with van der Waals surface area (Å²) in [5, 5.41) is 10.6. The third-order valence-corrected chi connectivity index (χ3v) is 2.60. The molecule has 0 aromatic carbocycles. The molecule has 2 fully saturated rings. The van der Waals surface area contributed by atoms with Gasteiger partial charge < -0.3 is 5.21 Å². The number of hydroxylamine groups is 2. The van der Waals surface area contributed by atoms with Gasteiger partial charge in [-0.15, -0.1) is 0 Å². The highest BCUT2D eigenvalue weighted by molar-refractivity contribution is 4.96. The summed E-state index contributed by atoms with van der Waals surface area (Å²) in [6.07, 6.45) is 5.24. The number of rotatable bonds is 0. The minimum absolute atomic E-state index is 0.576. The normalized spacial score (nSPS) is 33.0. The van der Waals surface area contributed by atoms with Crippen molar-refractivity contribution in [2.24, 2.45) is 5.41 Å². The van der Waals surface area contributed by atoms with Crippen LogP contribution in [-0.2, 0) is 0 Å². The maximum atomic E-state index is 9.12. The minimum Gasteiger partial charge on any atom is -0.314 e. The first-order valence-corrected chi connectivity index (χ1v) is 3.75. The average molecular weight is 127 g/mol. The van der Waals surface area contributed by atoms with Crippen molar-refractivity contribution in [3.63, 3.8) is 0 Å². The molecule has 0 radical (unpaired) electrons. The van der Waals surface area contributed by atoms with E-state index in [9.17, 15) is 0 Å². The first-order valence-electron chi connectivity index (χ1n) is 3.75. The smallest absolute Gasteiger partial charge is 0.0294 e. The Kier molecular flexibility index (Phi) is 1.08. The molecule has 1 aliphatic heterocycles. The number of nitrogens with zero attached hydrogens (tertiary/aromatic N) is 1. The molecule has 1 spiro atoms. The highest BCUT2D eigenvalue weighted by Crippen LogP contribution is 2.51. The lowest BCUT2D eigenvalue weighted by Crippen LogP contribution is -2.33. The molecule has 0 aromatic rings. The van der Waals surface area contributed by atoms with E-state index < -0.39 is 0 Å². The molecular weight excluding hydrogens is 114 g/mol. The van der Waals surface area contributed by atoms with Gasteiger partial charge in [0.1, 0.15) is 0 Å². The molecule has 2 heteroatoms. The highest BCUT2D eigenvalue weighted by atomic mass is 16.5. The quantitative estimate of drug-likeness (QED) is 0.529. The number of hydrogen-bond donors (Lipinski definition) is 1. The van der Waals surface area contributed by atoms with Crippen molar-refractivity contribution < 1.29 is 5.21 Å². The predicted octanol–water partition coefficient (Wildman–Crippen LogP) is 1.25. The highest BCUT2D eigenvalue weighted by Gasteiger charge is 2.45. The Labute approximate surface area is 55.4 Å². The first-order chi connectivity index (χ1) is 4.31. The maximum absolute atomic E-state index is 9.12. The van der Waals surface area contributed by atoms with Crippen molar-refractivity contribution in [1.82, 2.24) is 5.06 Å². The van der Waals surface area contributed by atoms with Crippen LogP contribution in [0.5, 0.6) is 0 Å². The minimum atomic E-state index is 0.576. The fourth-order valence-electron chi connectivity index (χ4n) is 1.77. The lowest BCUT2D eigenvalue weighted by Gasteiger charge is -2.27. The molecule has 0 amide bonds. The summed E-state index contributed by atoms with van der Waals surface area (Å²) < 4.78 is 0. The molecule has 1 saturated carbocycles. The topological polar surface area (TPSA) is 23.5 Å². The summed E-state index contributed by atoms with van der Waals surface area (Å²) in [5.41, 5.74) is 0.576. The maximum Gasteiger partial charge on any atom is 0.0294 e. The monoisotopic (exact) mass is 127 g/mol. The molecule has 52 valence electrons. The van der Waals surface area contributed by atoms with E-state index in [2.05, 4.69) is 0 Å². The van der Waals surface area contributed by atoms with Gasteiger partial charge in [-0.1, -0.05) is 0 Å². The van der Waals surface area contributed by atoms with Gasteiger partial charge in [0.25, 0.3) is 0 Å². The van der Waals surface area contributed by atoms with Crippen LogP contribution in [0.15, 0.2) is 0 Å². The summed E-state index contributed by atoms with van der Waals surface area (Å²) in [6.45, 7) is 1.83. The fourth-order valence-corrected chi connectivity index (χ4v) is 1.77. The summed E-state index contributed by atoms with van der Waals surface area (Å²) in [6, 6.07) is 0. The molecule has 2 nitrogen and oxygen atoms in total. The second-order valence-corrected chi connectivity index (χ2v) is 3.49. The molecule has 2 aliphatic rings. The summed E-state index contributed by atoms with van der Waals surface area (Å²) >= 11 is 0. The average Bonchev–Trinajstić information content (AvgIpc) is 2.49. The Morgan fingerprint density at radius 3 is 2.44 bits per heavy atom. The van der Waals surface area contributed by atoms with E-state index in [1.807, 2.05) is 0 Å². The molecule has 0 unspecified atom stereocenters. The molecule has 1 heterocycles. The Balaban J connectivity index is 1.96. The molecular formula is C7H13NO. The zero-order valence-corrected chi connectivity index (χ0v) is 5.64. The van der Waals surface area contributed by atoms with Crippen LogP contribution in [0.3, 0.4) is 0 Å². The van der Waals surface area contributed by atoms with Crippen LogP contribution < -0.4 is 0 Å². The molecule has 1 saturated heterocycles.